The van der Waals surface area contributed by atoms with Crippen LogP contribution in [0.1, 0.15) is 82.0 Å². The summed E-state index contributed by atoms with van der Waals surface area (Å²) in [6.45, 7) is 9.28. The van der Waals surface area contributed by atoms with E-state index in [9.17, 15) is 18.0 Å². The molecule has 1 aromatic rings. The van der Waals surface area contributed by atoms with E-state index in [4.69, 9.17) is 9.15 Å². The molecule has 1 aromatic heterocycles. The van der Waals surface area contributed by atoms with Crippen molar-refractivity contribution in [3.63, 3.8) is 0 Å². The molecule has 0 unspecified atom stereocenters. The van der Waals surface area contributed by atoms with Crippen molar-refractivity contribution < 1.29 is 27.2 Å². The number of ether oxygens (including phenoxy) is 1. The van der Waals surface area contributed by atoms with Gasteiger partial charge in [-0.1, -0.05) is 0 Å². The van der Waals surface area contributed by atoms with Gasteiger partial charge in [-0.15, -0.1) is 0 Å². The van der Waals surface area contributed by atoms with Crippen LogP contribution in [-0.2, 0) is 14.8 Å². The standard InChI is InChI=1S/C24H37N3O6S/c1-17-21(34(30,31)25-12-7-8-13-25)16-20(32-17)22(28)26-14-6-5-10-18(26)19-11-9-15-27(19)23(29)33-24(2,3)4/h16,18-19H,5-15H2,1-4H3/t18-,19-/m0/s1. The van der Waals surface area contributed by atoms with Gasteiger partial charge >= 0.3 is 6.09 Å². The van der Waals surface area contributed by atoms with Crippen LogP contribution in [0.5, 0.6) is 0 Å². The fourth-order valence-corrected chi connectivity index (χ4v) is 7.06. The van der Waals surface area contributed by atoms with E-state index in [2.05, 4.69) is 0 Å². The van der Waals surface area contributed by atoms with Gasteiger partial charge < -0.3 is 19.0 Å². The molecular formula is C24H37N3O6S. The molecule has 3 aliphatic rings. The zero-order valence-corrected chi connectivity index (χ0v) is 21.5. The highest BCUT2D eigenvalue weighted by Crippen LogP contribution is 2.33. The second-order valence-electron chi connectivity index (χ2n) is 10.6. The third kappa shape index (κ3) is 4.98. The molecule has 0 saturated carbocycles. The van der Waals surface area contributed by atoms with E-state index in [1.54, 1.807) is 16.7 Å². The lowest BCUT2D eigenvalue weighted by molar-refractivity contribution is 0.00710. The molecule has 10 heteroatoms. The topological polar surface area (TPSA) is 100 Å². The Kier molecular flexibility index (Phi) is 7.01. The summed E-state index contributed by atoms with van der Waals surface area (Å²) in [6, 6.07) is 1.11. The van der Waals surface area contributed by atoms with Crippen LogP contribution in [0.2, 0.25) is 0 Å². The minimum absolute atomic E-state index is 0.0454. The molecule has 4 rings (SSSR count). The van der Waals surface area contributed by atoms with Crippen LogP contribution in [0.3, 0.4) is 0 Å². The Morgan fingerprint density at radius 1 is 0.941 bits per heavy atom. The number of piperidine rings is 1. The predicted molar refractivity (Wildman–Crippen MR) is 126 cm³/mol. The summed E-state index contributed by atoms with van der Waals surface area (Å²) in [5.74, 6) is -0.0317. The predicted octanol–water partition coefficient (Wildman–Crippen LogP) is 3.77. The zero-order valence-electron chi connectivity index (χ0n) is 20.7. The van der Waals surface area contributed by atoms with Gasteiger partial charge in [-0.25, -0.2) is 13.2 Å². The van der Waals surface area contributed by atoms with Crippen molar-refractivity contribution in [1.29, 1.82) is 0 Å². The van der Waals surface area contributed by atoms with Crippen LogP contribution >= 0.6 is 0 Å². The summed E-state index contributed by atoms with van der Waals surface area (Å²) in [5, 5.41) is 0. The molecule has 3 saturated heterocycles. The second-order valence-corrected chi connectivity index (χ2v) is 12.5. The molecule has 0 N–H and O–H groups in total. The number of carbonyl (C=O) groups excluding carboxylic acids is 2. The zero-order chi connectivity index (χ0) is 24.7. The number of hydrogen-bond acceptors (Lipinski definition) is 6. The highest BCUT2D eigenvalue weighted by atomic mass is 32.2. The van der Waals surface area contributed by atoms with Gasteiger partial charge in [0.05, 0.1) is 12.1 Å². The van der Waals surface area contributed by atoms with Gasteiger partial charge in [0.2, 0.25) is 10.0 Å². The molecule has 190 valence electrons. The lowest BCUT2D eigenvalue weighted by Gasteiger charge is -2.42. The molecule has 2 amide bonds. The van der Waals surface area contributed by atoms with Gasteiger partial charge in [-0.05, 0) is 72.6 Å². The first-order valence-electron chi connectivity index (χ1n) is 12.4. The van der Waals surface area contributed by atoms with Gasteiger partial charge in [-0.3, -0.25) is 4.79 Å². The largest absolute Gasteiger partial charge is 0.455 e. The smallest absolute Gasteiger partial charge is 0.410 e. The van der Waals surface area contributed by atoms with Crippen molar-refractivity contribution in [2.24, 2.45) is 0 Å². The summed E-state index contributed by atoms with van der Waals surface area (Å²) >= 11 is 0. The lowest BCUT2D eigenvalue weighted by atomic mass is 9.93. The number of amides is 2. The van der Waals surface area contributed by atoms with Gasteiger partial charge in [0, 0.05) is 32.2 Å². The van der Waals surface area contributed by atoms with Crippen LogP contribution in [0.25, 0.3) is 0 Å². The van der Waals surface area contributed by atoms with Crippen LogP contribution in [-0.4, -0.2) is 78.4 Å². The monoisotopic (exact) mass is 495 g/mol. The molecule has 0 spiro atoms. The first-order valence-corrected chi connectivity index (χ1v) is 13.8. The number of furan rings is 1. The normalized spacial score (nSPS) is 24.6. The van der Waals surface area contributed by atoms with Gasteiger partial charge in [0.25, 0.3) is 5.91 Å². The summed E-state index contributed by atoms with van der Waals surface area (Å²) in [7, 11) is -3.68. The quantitative estimate of drug-likeness (QED) is 0.630. The number of sulfonamides is 1. The molecule has 2 atom stereocenters. The summed E-state index contributed by atoms with van der Waals surface area (Å²) in [6.07, 6.45) is 5.62. The second kappa shape index (κ2) is 9.53. The molecule has 0 bridgehead atoms. The molecule has 34 heavy (non-hydrogen) atoms. The van der Waals surface area contributed by atoms with E-state index in [0.717, 1.165) is 44.9 Å². The van der Waals surface area contributed by atoms with E-state index >= 15 is 0 Å². The van der Waals surface area contributed by atoms with Crippen LogP contribution in [0.15, 0.2) is 15.4 Å². The maximum atomic E-state index is 13.6. The van der Waals surface area contributed by atoms with Gasteiger partial charge in [-0.2, -0.15) is 4.31 Å². The molecule has 3 aliphatic heterocycles. The summed E-state index contributed by atoms with van der Waals surface area (Å²) in [5.41, 5.74) is -0.588. The minimum atomic E-state index is -3.68. The molecule has 0 aromatic carbocycles. The van der Waals surface area contributed by atoms with Gasteiger partial charge in [0.15, 0.2) is 5.76 Å². The van der Waals surface area contributed by atoms with E-state index < -0.39 is 15.6 Å². The van der Waals surface area contributed by atoms with Crippen molar-refractivity contribution in [3.05, 3.63) is 17.6 Å². The first kappa shape index (κ1) is 25.0. The minimum Gasteiger partial charge on any atom is -0.455 e. The summed E-state index contributed by atoms with van der Waals surface area (Å²) < 4.78 is 38.9. The molecule has 4 heterocycles. The third-order valence-electron chi connectivity index (χ3n) is 6.95. The lowest BCUT2D eigenvalue weighted by Crippen LogP contribution is -2.55. The Labute approximate surface area is 202 Å². The van der Waals surface area contributed by atoms with Crippen molar-refractivity contribution in [2.75, 3.05) is 26.2 Å². The fourth-order valence-electron chi connectivity index (χ4n) is 5.39. The third-order valence-corrected chi connectivity index (χ3v) is 8.95. The van der Waals surface area contributed by atoms with E-state index in [-0.39, 0.29) is 40.5 Å². The Balaban J connectivity index is 1.56. The highest BCUT2D eigenvalue weighted by Gasteiger charge is 2.43. The fraction of sp³-hybridized carbons (Fsp3) is 0.750. The Bertz CT molecular complexity index is 1020. The molecule has 9 nitrogen and oxygen atoms in total. The van der Waals surface area contributed by atoms with Crippen molar-refractivity contribution in [3.8, 4) is 0 Å². The Morgan fingerprint density at radius 2 is 1.53 bits per heavy atom. The average molecular weight is 496 g/mol. The number of rotatable bonds is 4. The first-order chi connectivity index (χ1) is 16.0. The summed E-state index contributed by atoms with van der Waals surface area (Å²) in [4.78, 5) is 30.0. The molecule has 3 fully saturated rings. The number of hydrogen-bond donors (Lipinski definition) is 0. The highest BCUT2D eigenvalue weighted by molar-refractivity contribution is 7.89. The number of carbonyl (C=O) groups is 2. The maximum absolute atomic E-state index is 13.6. The molecular weight excluding hydrogens is 458 g/mol. The van der Waals surface area contributed by atoms with Crippen LogP contribution in [0.4, 0.5) is 4.79 Å². The van der Waals surface area contributed by atoms with E-state index in [1.165, 1.54) is 10.4 Å². The SMILES string of the molecule is Cc1oc(C(=O)N2CCCC[C@H]2[C@@H]2CCCN2C(=O)OC(C)(C)C)cc1S(=O)(=O)N1CCCC1. The van der Waals surface area contributed by atoms with Crippen LogP contribution in [0, 0.1) is 6.92 Å². The number of aryl methyl sites for hydroxylation is 1. The van der Waals surface area contributed by atoms with E-state index in [1.807, 2.05) is 20.8 Å². The molecule has 0 radical (unpaired) electrons. The Hall–Kier alpha value is -2.07. The average Bonchev–Trinajstić information content (AvgIpc) is 3.52. The van der Waals surface area contributed by atoms with Crippen LogP contribution < -0.4 is 0 Å². The Morgan fingerprint density at radius 3 is 2.21 bits per heavy atom. The maximum Gasteiger partial charge on any atom is 0.410 e. The van der Waals surface area contributed by atoms with Crippen molar-refractivity contribution in [2.45, 2.75) is 95.2 Å². The molecule has 0 aliphatic carbocycles. The van der Waals surface area contributed by atoms with Gasteiger partial charge in [0.1, 0.15) is 16.3 Å². The number of nitrogens with zero attached hydrogens (tertiary/aromatic N) is 3. The van der Waals surface area contributed by atoms with Crippen molar-refractivity contribution in [1.82, 2.24) is 14.1 Å². The van der Waals surface area contributed by atoms with E-state index in [0.29, 0.717) is 26.2 Å². The number of likely N-dealkylation sites (tertiary alicyclic amines) is 2. The van der Waals surface area contributed by atoms with Crippen molar-refractivity contribution >= 4 is 22.0 Å².